The van der Waals surface area contributed by atoms with Gasteiger partial charge in [0.05, 0.1) is 5.69 Å². The lowest BCUT2D eigenvalue weighted by atomic mass is 10.1. The molecule has 0 saturated carbocycles. The molecule has 0 aliphatic heterocycles. The third-order valence-corrected chi connectivity index (χ3v) is 3.91. The van der Waals surface area contributed by atoms with Crippen LogP contribution in [0.2, 0.25) is 5.15 Å². The van der Waals surface area contributed by atoms with Crippen LogP contribution >= 0.6 is 11.6 Å². The van der Waals surface area contributed by atoms with Crippen molar-refractivity contribution in [3.8, 4) is 0 Å². The van der Waals surface area contributed by atoms with Gasteiger partial charge in [0.15, 0.2) is 11.8 Å². The number of esters is 1. The molecule has 0 saturated heterocycles. The summed E-state index contributed by atoms with van der Waals surface area (Å²) in [7, 11) is 0. The zero-order chi connectivity index (χ0) is 17.7. The largest absolute Gasteiger partial charge is 0.452 e. The van der Waals surface area contributed by atoms with Crippen LogP contribution in [0.25, 0.3) is 11.7 Å². The van der Waals surface area contributed by atoms with E-state index in [-0.39, 0.29) is 23.7 Å². The van der Waals surface area contributed by atoms with Crippen molar-refractivity contribution >= 4 is 35.2 Å². The van der Waals surface area contributed by atoms with Crippen molar-refractivity contribution in [2.75, 3.05) is 6.61 Å². The van der Waals surface area contributed by atoms with Crippen LogP contribution in [0.3, 0.4) is 0 Å². The van der Waals surface area contributed by atoms with E-state index >= 15 is 0 Å². The summed E-state index contributed by atoms with van der Waals surface area (Å²) in [5.74, 6) is -0.642. The molecule has 2 rings (SSSR count). The van der Waals surface area contributed by atoms with E-state index in [9.17, 15) is 9.59 Å². The second-order valence-electron chi connectivity index (χ2n) is 5.76. The van der Waals surface area contributed by atoms with Gasteiger partial charge in [0.2, 0.25) is 0 Å². The number of ether oxygens (including phenoxy) is 1. The fourth-order valence-corrected chi connectivity index (χ4v) is 2.17. The first-order valence-electron chi connectivity index (χ1n) is 7.65. The molecule has 1 amide bonds. The third kappa shape index (κ3) is 4.58. The molecule has 6 nitrogen and oxygen atoms in total. The number of imidazole rings is 1. The molecule has 24 heavy (non-hydrogen) atoms. The van der Waals surface area contributed by atoms with Crippen LogP contribution in [0.15, 0.2) is 30.5 Å². The van der Waals surface area contributed by atoms with E-state index in [0.717, 1.165) is 0 Å². The Morgan fingerprint density at radius 3 is 2.83 bits per heavy atom. The molecular weight excluding hydrogens is 330 g/mol. The van der Waals surface area contributed by atoms with Crippen LogP contribution in [-0.2, 0) is 14.3 Å². The van der Waals surface area contributed by atoms with Gasteiger partial charge in [-0.1, -0.05) is 31.5 Å². The Morgan fingerprint density at radius 2 is 2.12 bits per heavy atom. The fourth-order valence-electron chi connectivity index (χ4n) is 1.93. The van der Waals surface area contributed by atoms with Gasteiger partial charge >= 0.3 is 5.97 Å². The summed E-state index contributed by atoms with van der Waals surface area (Å²) in [6.45, 7) is 5.58. The van der Waals surface area contributed by atoms with Crippen LogP contribution in [0.5, 0.6) is 0 Å². The molecular formula is C17H20ClN3O3. The Kier molecular flexibility index (Phi) is 5.98. The van der Waals surface area contributed by atoms with Crippen LogP contribution in [-0.4, -0.2) is 33.9 Å². The summed E-state index contributed by atoms with van der Waals surface area (Å²) in [6, 6.07) is 5.50. The van der Waals surface area contributed by atoms with E-state index in [0.29, 0.717) is 17.3 Å². The quantitative estimate of drug-likeness (QED) is 0.643. The number of carbonyl (C=O) groups is 2. The van der Waals surface area contributed by atoms with Crippen molar-refractivity contribution in [2.45, 2.75) is 26.8 Å². The van der Waals surface area contributed by atoms with E-state index in [2.05, 4.69) is 10.3 Å². The van der Waals surface area contributed by atoms with Crippen LogP contribution in [0.4, 0.5) is 0 Å². The summed E-state index contributed by atoms with van der Waals surface area (Å²) < 4.78 is 6.68. The number of carbonyl (C=O) groups excluding carboxylic acids is 2. The Labute approximate surface area is 145 Å². The first kappa shape index (κ1) is 18.0. The monoisotopic (exact) mass is 349 g/mol. The number of nitrogens with one attached hydrogen (secondary N) is 1. The Balaban J connectivity index is 1.93. The zero-order valence-corrected chi connectivity index (χ0v) is 14.6. The van der Waals surface area contributed by atoms with Gasteiger partial charge in [-0.25, -0.2) is 9.78 Å². The van der Waals surface area contributed by atoms with Gasteiger partial charge in [0, 0.05) is 18.3 Å². The number of amides is 1. The standard InChI is InChI=1S/C17H20ClN3O3/c1-11(2)12(3)19-15(22)10-24-16(23)8-7-13-17(18)20-14-6-4-5-9-21(13)14/h4-9,11-12H,10H2,1-3H3,(H,19,22)/b8-7+/t12-/m0/s1. The molecule has 0 aliphatic carbocycles. The highest BCUT2D eigenvalue weighted by Crippen LogP contribution is 2.18. The number of rotatable bonds is 6. The molecule has 1 N–H and O–H groups in total. The summed E-state index contributed by atoms with van der Waals surface area (Å²) >= 11 is 6.07. The molecule has 0 spiro atoms. The minimum absolute atomic E-state index is 0.0173. The Morgan fingerprint density at radius 1 is 1.38 bits per heavy atom. The second kappa shape index (κ2) is 7.97. The lowest BCUT2D eigenvalue weighted by molar-refractivity contribution is -0.144. The van der Waals surface area contributed by atoms with Crippen molar-refractivity contribution in [1.82, 2.24) is 14.7 Å². The average molecular weight is 350 g/mol. The summed E-state index contributed by atoms with van der Waals surface area (Å²) in [4.78, 5) is 27.6. The molecule has 0 radical (unpaired) electrons. The molecule has 2 heterocycles. The first-order valence-corrected chi connectivity index (χ1v) is 8.03. The smallest absolute Gasteiger partial charge is 0.331 e. The molecule has 0 unspecified atom stereocenters. The van der Waals surface area contributed by atoms with Gasteiger partial charge < -0.3 is 10.1 Å². The second-order valence-corrected chi connectivity index (χ2v) is 6.12. The molecule has 0 aromatic carbocycles. The molecule has 0 bridgehead atoms. The number of nitrogens with zero attached hydrogens (tertiary/aromatic N) is 2. The van der Waals surface area contributed by atoms with E-state index in [1.54, 1.807) is 10.6 Å². The lowest BCUT2D eigenvalue weighted by Gasteiger charge is -2.16. The van der Waals surface area contributed by atoms with E-state index in [1.165, 1.54) is 12.2 Å². The fraction of sp³-hybridized carbons (Fsp3) is 0.353. The van der Waals surface area contributed by atoms with E-state index < -0.39 is 5.97 Å². The van der Waals surface area contributed by atoms with E-state index in [4.69, 9.17) is 16.3 Å². The maximum absolute atomic E-state index is 11.7. The molecule has 128 valence electrons. The molecule has 0 fully saturated rings. The molecule has 1 atom stereocenters. The number of pyridine rings is 1. The maximum Gasteiger partial charge on any atom is 0.331 e. The predicted octanol–water partition coefficient (Wildman–Crippen LogP) is 2.70. The van der Waals surface area contributed by atoms with Crippen LogP contribution < -0.4 is 5.32 Å². The first-order chi connectivity index (χ1) is 11.4. The summed E-state index contributed by atoms with van der Waals surface area (Å²) in [5.41, 5.74) is 1.25. The lowest BCUT2D eigenvalue weighted by Crippen LogP contribution is -2.38. The number of hydrogen-bond acceptors (Lipinski definition) is 4. The van der Waals surface area contributed by atoms with E-state index in [1.807, 2.05) is 39.0 Å². The van der Waals surface area contributed by atoms with Crippen LogP contribution in [0.1, 0.15) is 26.5 Å². The SMILES string of the molecule is CC(C)[C@H](C)NC(=O)COC(=O)/C=C/c1c(Cl)nc2ccccn12. The number of fused-ring (bicyclic) bond motifs is 1. The van der Waals surface area contributed by atoms with Crippen molar-refractivity contribution in [1.29, 1.82) is 0 Å². The minimum Gasteiger partial charge on any atom is -0.452 e. The number of hydrogen-bond donors (Lipinski definition) is 1. The summed E-state index contributed by atoms with van der Waals surface area (Å²) in [5, 5.41) is 3.05. The highest BCUT2D eigenvalue weighted by molar-refractivity contribution is 6.31. The van der Waals surface area contributed by atoms with Crippen molar-refractivity contribution < 1.29 is 14.3 Å². The molecule has 7 heteroatoms. The summed E-state index contributed by atoms with van der Waals surface area (Å²) in [6.07, 6.45) is 4.53. The Hall–Kier alpha value is -2.34. The highest BCUT2D eigenvalue weighted by atomic mass is 35.5. The van der Waals surface area contributed by atoms with Crippen LogP contribution in [0, 0.1) is 5.92 Å². The molecule has 2 aromatic rings. The van der Waals surface area contributed by atoms with Gasteiger partial charge in [-0.2, -0.15) is 0 Å². The molecule has 2 aromatic heterocycles. The molecule has 0 aliphatic rings. The number of halogens is 1. The van der Waals surface area contributed by atoms with Crippen molar-refractivity contribution in [3.63, 3.8) is 0 Å². The van der Waals surface area contributed by atoms with Gasteiger partial charge in [0.25, 0.3) is 5.91 Å². The zero-order valence-electron chi connectivity index (χ0n) is 13.8. The normalized spacial score (nSPS) is 12.7. The highest BCUT2D eigenvalue weighted by Gasteiger charge is 2.12. The minimum atomic E-state index is -0.621. The van der Waals surface area contributed by atoms with Crippen molar-refractivity contribution in [3.05, 3.63) is 41.3 Å². The van der Waals surface area contributed by atoms with Crippen molar-refractivity contribution in [2.24, 2.45) is 5.92 Å². The maximum atomic E-state index is 11.7. The number of aromatic nitrogens is 2. The average Bonchev–Trinajstić information content (AvgIpc) is 2.86. The predicted molar refractivity (Wildman–Crippen MR) is 92.6 cm³/mol. The third-order valence-electron chi connectivity index (χ3n) is 3.63. The van der Waals surface area contributed by atoms with Gasteiger partial charge in [0.1, 0.15) is 5.65 Å². The van der Waals surface area contributed by atoms with Gasteiger partial charge in [-0.3, -0.25) is 9.20 Å². The topological polar surface area (TPSA) is 72.7 Å². The van der Waals surface area contributed by atoms with Gasteiger partial charge in [-0.05, 0) is 31.1 Å². The van der Waals surface area contributed by atoms with Gasteiger partial charge in [-0.15, -0.1) is 0 Å². The Bertz CT molecular complexity index is 768.